The van der Waals surface area contributed by atoms with E-state index in [1.807, 2.05) is 38.1 Å². The lowest BCUT2D eigenvalue weighted by atomic mass is 10.1. The minimum absolute atomic E-state index is 0.105. The van der Waals surface area contributed by atoms with Gasteiger partial charge in [-0.15, -0.1) is 0 Å². The molecule has 5 heteroatoms. The predicted octanol–water partition coefficient (Wildman–Crippen LogP) is 3.49. The van der Waals surface area contributed by atoms with E-state index in [0.29, 0.717) is 10.8 Å². The molecular weight excluding hydrogens is 300 g/mol. The Morgan fingerprint density at radius 2 is 2.00 bits per heavy atom. The van der Waals surface area contributed by atoms with Crippen LogP contribution in [0.5, 0.6) is 5.75 Å². The van der Waals surface area contributed by atoms with E-state index in [2.05, 4.69) is 10.5 Å². The summed E-state index contributed by atoms with van der Waals surface area (Å²) >= 11 is 5.93. The molecule has 0 bridgehead atoms. The van der Waals surface area contributed by atoms with E-state index >= 15 is 0 Å². The van der Waals surface area contributed by atoms with E-state index < -0.39 is 0 Å². The lowest BCUT2D eigenvalue weighted by Crippen LogP contribution is -2.24. The zero-order chi connectivity index (χ0) is 15.9. The summed E-state index contributed by atoms with van der Waals surface area (Å²) in [6.07, 6.45) is 1.61. The molecule has 114 valence electrons. The van der Waals surface area contributed by atoms with Crippen LogP contribution in [0.25, 0.3) is 0 Å². The first-order valence-corrected chi connectivity index (χ1v) is 7.20. The number of nitrogens with zero attached hydrogens (tertiary/aromatic N) is 1. The van der Waals surface area contributed by atoms with E-state index in [9.17, 15) is 4.79 Å². The second-order valence-electron chi connectivity index (χ2n) is 4.85. The van der Waals surface area contributed by atoms with Crippen LogP contribution in [0.2, 0.25) is 5.02 Å². The lowest BCUT2D eigenvalue weighted by Gasteiger charge is -2.06. The monoisotopic (exact) mass is 316 g/mol. The molecule has 1 N–H and O–H groups in total. The third kappa shape index (κ3) is 4.60. The summed E-state index contributed by atoms with van der Waals surface area (Å²) in [5.41, 5.74) is 5.38. The van der Waals surface area contributed by atoms with Gasteiger partial charge in [0, 0.05) is 5.02 Å². The van der Waals surface area contributed by atoms with E-state index in [1.165, 1.54) is 0 Å². The zero-order valence-electron chi connectivity index (χ0n) is 12.5. The van der Waals surface area contributed by atoms with Gasteiger partial charge >= 0.3 is 0 Å². The van der Waals surface area contributed by atoms with Gasteiger partial charge in [-0.3, -0.25) is 4.79 Å². The normalized spacial score (nSPS) is 10.7. The largest absolute Gasteiger partial charge is 0.484 e. The van der Waals surface area contributed by atoms with Crippen molar-refractivity contribution in [1.29, 1.82) is 0 Å². The van der Waals surface area contributed by atoms with Crippen molar-refractivity contribution in [2.45, 2.75) is 13.8 Å². The van der Waals surface area contributed by atoms with Gasteiger partial charge in [0.2, 0.25) is 0 Å². The maximum atomic E-state index is 11.7. The molecule has 0 aliphatic carbocycles. The van der Waals surface area contributed by atoms with Gasteiger partial charge in [-0.05, 0) is 48.7 Å². The van der Waals surface area contributed by atoms with Crippen molar-refractivity contribution in [2.24, 2.45) is 5.10 Å². The highest BCUT2D eigenvalue weighted by Gasteiger charge is 2.03. The fourth-order valence-electron chi connectivity index (χ4n) is 1.79. The van der Waals surface area contributed by atoms with Crippen molar-refractivity contribution in [2.75, 3.05) is 6.61 Å². The standard InChI is InChI=1S/C17H17ClN2O2/c1-12-5-3-4-6-14(12)10-19-20-17(21)11-22-15-7-8-16(18)13(2)9-15/h3-10H,11H2,1-2H3,(H,20,21)/b19-10+. The number of hydrazone groups is 1. The first-order valence-electron chi connectivity index (χ1n) is 6.83. The van der Waals surface area contributed by atoms with Crippen molar-refractivity contribution < 1.29 is 9.53 Å². The molecule has 0 aliphatic rings. The maximum absolute atomic E-state index is 11.7. The van der Waals surface area contributed by atoms with E-state index in [1.54, 1.807) is 24.4 Å². The summed E-state index contributed by atoms with van der Waals surface area (Å²) < 4.78 is 5.39. The molecule has 1 amide bonds. The van der Waals surface area contributed by atoms with Crippen molar-refractivity contribution in [3.05, 3.63) is 64.2 Å². The average molecular weight is 317 g/mol. The van der Waals surface area contributed by atoms with Crippen molar-refractivity contribution >= 4 is 23.7 Å². The number of hydrogen-bond acceptors (Lipinski definition) is 3. The molecule has 0 aromatic heterocycles. The Bertz CT molecular complexity index is 699. The maximum Gasteiger partial charge on any atom is 0.277 e. The van der Waals surface area contributed by atoms with Crippen LogP contribution in [-0.2, 0) is 4.79 Å². The van der Waals surface area contributed by atoms with Crippen LogP contribution in [0.4, 0.5) is 0 Å². The van der Waals surface area contributed by atoms with Crippen LogP contribution >= 0.6 is 11.6 Å². The van der Waals surface area contributed by atoms with Crippen LogP contribution < -0.4 is 10.2 Å². The molecule has 0 fully saturated rings. The van der Waals surface area contributed by atoms with Gasteiger partial charge in [0.05, 0.1) is 6.21 Å². The topological polar surface area (TPSA) is 50.7 Å². The summed E-state index contributed by atoms with van der Waals surface area (Å²) in [5, 5.41) is 4.59. The molecule has 0 atom stereocenters. The number of carbonyl (C=O) groups excluding carboxylic acids is 1. The highest BCUT2D eigenvalue weighted by molar-refractivity contribution is 6.31. The molecular formula is C17H17ClN2O2. The number of benzene rings is 2. The number of nitrogens with one attached hydrogen (secondary N) is 1. The average Bonchev–Trinajstić information content (AvgIpc) is 2.50. The molecule has 0 heterocycles. The smallest absolute Gasteiger partial charge is 0.277 e. The number of rotatable bonds is 5. The Kier molecular flexibility index (Phi) is 5.55. The first-order chi connectivity index (χ1) is 10.6. The number of aryl methyl sites for hydroxylation is 2. The Labute approximate surface area is 134 Å². The molecule has 0 spiro atoms. The summed E-state index contributed by atoms with van der Waals surface area (Å²) in [7, 11) is 0. The van der Waals surface area contributed by atoms with Crippen LogP contribution in [-0.4, -0.2) is 18.7 Å². The van der Waals surface area contributed by atoms with Gasteiger partial charge in [0.15, 0.2) is 6.61 Å². The minimum Gasteiger partial charge on any atom is -0.484 e. The summed E-state index contributed by atoms with van der Waals surface area (Å²) in [5.74, 6) is 0.275. The van der Waals surface area contributed by atoms with Crippen LogP contribution in [0, 0.1) is 13.8 Å². The molecule has 2 aromatic carbocycles. The Morgan fingerprint density at radius 3 is 2.73 bits per heavy atom. The molecule has 0 aliphatic heterocycles. The quantitative estimate of drug-likeness (QED) is 0.678. The highest BCUT2D eigenvalue weighted by atomic mass is 35.5. The molecule has 2 aromatic rings. The second-order valence-corrected chi connectivity index (χ2v) is 5.26. The summed E-state index contributed by atoms with van der Waals surface area (Å²) in [6, 6.07) is 13.0. The van der Waals surface area contributed by atoms with Crippen molar-refractivity contribution in [3.63, 3.8) is 0 Å². The number of carbonyl (C=O) groups is 1. The molecule has 22 heavy (non-hydrogen) atoms. The Hall–Kier alpha value is -2.33. The van der Waals surface area contributed by atoms with Crippen molar-refractivity contribution in [1.82, 2.24) is 5.43 Å². The van der Waals surface area contributed by atoms with Gasteiger partial charge in [0.1, 0.15) is 5.75 Å². The van der Waals surface area contributed by atoms with E-state index in [-0.39, 0.29) is 12.5 Å². The molecule has 0 unspecified atom stereocenters. The van der Waals surface area contributed by atoms with E-state index in [0.717, 1.165) is 16.7 Å². The van der Waals surface area contributed by atoms with Crippen LogP contribution in [0.3, 0.4) is 0 Å². The molecule has 4 nitrogen and oxygen atoms in total. The third-order valence-corrected chi connectivity index (χ3v) is 3.50. The van der Waals surface area contributed by atoms with Gasteiger partial charge in [0.25, 0.3) is 5.91 Å². The summed E-state index contributed by atoms with van der Waals surface area (Å²) in [4.78, 5) is 11.7. The van der Waals surface area contributed by atoms with Gasteiger partial charge in [-0.25, -0.2) is 5.43 Å². The zero-order valence-corrected chi connectivity index (χ0v) is 13.2. The van der Waals surface area contributed by atoms with Crippen LogP contribution in [0.1, 0.15) is 16.7 Å². The lowest BCUT2D eigenvalue weighted by molar-refractivity contribution is -0.123. The summed E-state index contributed by atoms with van der Waals surface area (Å²) in [6.45, 7) is 3.75. The highest BCUT2D eigenvalue weighted by Crippen LogP contribution is 2.20. The number of amides is 1. The van der Waals surface area contributed by atoms with Gasteiger partial charge < -0.3 is 4.74 Å². The number of ether oxygens (including phenoxy) is 1. The number of hydrogen-bond donors (Lipinski definition) is 1. The van der Waals surface area contributed by atoms with Crippen molar-refractivity contribution in [3.8, 4) is 5.75 Å². The molecule has 0 saturated carbocycles. The first kappa shape index (κ1) is 16.0. The Morgan fingerprint density at radius 1 is 1.23 bits per heavy atom. The Balaban J connectivity index is 1.83. The molecule has 0 saturated heterocycles. The molecule has 0 radical (unpaired) electrons. The second kappa shape index (κ2) is 7.61. The third-order valence-electron chi connectivity index (χ3n) is 3.08. The van der Waals surface area contributed by atoms with Crippen LogP contribution in [0.15, 0.2) is 47.6 Å². The fourth-order valence-corrected chi connectivity index (χ4v) is 1.91. The SMILES string of the molecule is Cc1cc(OCC(=O)N/N=C/c2ccccc2C)ccc1Cl. The van der Waals surface area contributed by atoms with Gasteiger partial charge in [-0.2, -0.15) is 5.10 Å². The number of halogens is 1. The van der Waals surface area contributed by atoms with Gasteiger partial charge in [-0.1, -0.05) is 35.9 Å². The fraction of sp³-hybridized carbons (Fsp3) is 0.176. The minimum atomic E-state index is -0.322. The molecule has 2 rings (SSSR count). The van der Waals surface area contributed by atoms with E-state index in [4.69, 9.17) is 16.3 Å². The predicted molar refractivity (Wildman–Crippen MR) is 88.6 cm³/mol.